The lowest BCUT2D eigenvalue weighted by atomic mass is 10.2. The van der Waals surface area contributed by atoms with E-state index >= 15 is 0 Å². The maximum Gasteiger partial charge on any atom is 0.202 e. The van der Waals surface area contributed by atoms with E-state index < -0.39 is 0 Å². The van der Waals surface area contributed by atoms with E-state index in [0.29, 0.717) is 12.5 Å². The van der Waals surface area contributed by atoms with Gasteiger partial charge in [-0.2, -0.15) is 0 Å². The van der Waals surface area contributed by atoms with Gasteiger partial charge in [-0.25, -0.2) is 4.98 Å². The number of aryl methyl sites for hydroxylation is 1. The van der Waals surface area contributed by atoms with Crippen molar-refractivity contribution in [3.05, 3.63) is 12.4 Å². The van der Waals surface area contributed by atoms with Crippen LogP contribution in [0.2, 0.25) is 0 Å². The topological polar surface area (TPSA) is 48.3 Å². The number of hydrogen-bond donors (Lipinski definition) is 1. The minimum Gasteiger partial charge on any atom is -0.382 e. The summed E-state index contributed by atoms with van der Waals surface area (Å²) in [5.74, 6) is 1.49. The summed E-state index contributed by atoms with van der Waals surface area (Å²) in [6.45, 7) is 11.1. The smallest absolute Gasteiger partial charge is 0.202 e. The predicted octanol–water partition coefficient (Wildman–Crippen LogP) is 2.39. The normalized spacial score (nSPS) is 11.2. The Labute approximate surface area is 116 Å². The van der Waals surface area contributed by atoms with Crippen LogP contribution < -0.4 is 5.32 Å². The Kier molecular flexibility index (Phi) is 8.25. The molecule has 5 heteroatoms. The molecule has 1 N–H and O–H groups in total. The van der Waals surface area contributed by atoms with Crippen molar-refractivity contribution in [2.24, 2.45) is 5.92 Å². The van der Waals surface area contributed by atoms with E-state index in [4.69, 9.17) is 9.47 Å². The molecule has 0 atom stereocenters. The first-order chi connectivity index (χ1) is 9.24. The van der Waals surface area contributed by atoms with Crippen molar-refractivity contribution < 1.29 is 9.47 Å². The van der Waals surface area contributed by atoms with E-state index in [2.05, 4.69) is 28.7 Å². The zero-order chi connectivity index (χ0) is 13.9. The molecule has 1 aromatic rings. The molecule has 0 unspecified atom stereocenters. The quantitative estimate of drug-likeness (QED) is 0.627. The fourth-order valence-corrected chi connectivity index (χ4v) is 1.69. The number of imidazole rings is 1. The second kappa shape index (κ2) is 9.81. The second-order valence-electron chi connectivity index (χ2n) is 4.89. The number of rotatable bonds is 11. The lowest BCUT2D eigenvalue weighted by molar-refractivity contribution is 0.118. The highest BCUT2D eigenvalue weighted by molar-refractivity contribution is 5.25. The molecular formula is C14H27N3O2. The van der Waals surface area contributed by atoms with Gasteiger partial charge in [0.25, 0.3) is 0 Å². The van der Waals surface area contributed by atoms with Crippen molar-refractivity contribution in [3.8, 4) is 0 Å². The van der Waals surface area contributed by atoms with Crippen LogP contribution in [0.15, 0.2) is 12.4 Å². The Balaban J connectivity index is 2.17. The monoisotopic (exact) mass is 269 g/mol. The second-order valence-corrected chi connectivity index (χ2v) is 4.89. The fraction of sp³-hybridized carbons (Fsp3) is 0.786. The van der Waals surface area contributed by atoms with Gasteiger partial charge in [0.05, 0.1) is 6.61 Å². The molecule has 0 aromatic carbocycles. The van der Waals surface area contributed by atoms with Gasteiger partial charge in [0.15, 0.2) is 0 Å². The van der Waals surface area contributed by atoms with Crippen LogP contribution in [0.4, 0.5) is 5.95 Å². The van der Waals surface area contributed by atoms with Gasteiger partial charge >= 0.3 is 0 Å². The summed E-state index contributed by atoms with van der Waals surface area (Å²) in [6.07, 6.45) is 4.81. The van der Waals surface area contributed by atoms with Crippen molar-refractivity contribution >= 4 is 5.95 Å². The molecule has 0 aliphatic heterocycles. The molecule has 0 spiro atoms. The van der Waals surface area contributed by atoms with Gasteiger partial charge in [-0.05, 0) is 19.3 Å². The third-order valence-corrected chi connectivity index (χ3v) is 2.59. The van der Waals surface area contributed by atoms with Crippen molar-refractivity contribution in [2.75, 3.05) is 38.3 Å². The van der Waals surface area contributed by atoms with Crippen LogP contribution in [0.1, 0.15) is 27.2 Å². The van der Waals surface area contributed by atoms with Crippen LogP contribution in [-0.2, 0) is 16.0 Å². The summed E-state index contributed by atoms with van der Waals surface area (Å²) in [6, 6.07) is 0. The highest BCUT2D eigenvalue weighted by Gasteiger charge is 2.01. The van der Waals surface area contributed by atoms with Gasteiger partial charge in [-0.3, -0.25) is 0 Å². The Morgan fingerprint density at radius 1 is 1.32 bits per heavy atom. The summed E-state index contributed by atoms with van der Waals surface area (Å²) in [5, 5.41) is 3.29. The van der Waals surface area contributed by atoms with Gasteiger partial charge in [0.2, 0.25) is 5.95 Å². The molecule has 19 heavy (non-hydrogen) atoms. The van der Waals surface area contributed by atoms with E-state index in [9.17, 15) is 0 Å². The molecule has 1 rings (SSSR count). The number of anilines is 1. The zero-order valence-corrected chi connectivity index (χ0v) is 12.4. The summed E-state index contributed by atoms with van der Waals surface area (Å²) in [5.41, 5.74) is 0. The Bertz CT molecular complexity index is 326. The summed E-state index contributed by atoms with van der Waals surface area (Å²) in [4.78, 5) is 4.30. The van der Waals surface area contributed by atoms with Crippen LogP contribution in [0, 0.1) is 5.92 Å². The molecule has 110 valence electrons. The largest absolute Gasteiger partial charge is 0.382 e. The number of aromatic nitrogens is 2. The van der Waals surface area contributed by atoms with Crippen LogP contribution in [-0.4, -0.2) is 42.5 Å². The van der Waals surface area contributed by atoms with Gasteiger partial charge in [-0.15, -0.1) is 0 Å². The van der Waals surface area contributed by atoms with Gasteiger partial charge in [0.1, 0.15) is 0 Å². The molecule has 0 saturated carbocycles. The standard InChI is InChI=1S/C14H27N3O2/c1-4-18-10-5-8-17-9-6-15-14(17)16-7-11-19-12-13(2)3/h6,9,13H,4-5,7-8,10-12H2,1-3H3,(H,15,16). The molecule has 0 aliphatic rings. The van der Waals surface area contributed by atoms with E-state index in [1.165, 1.54) is 0 Å². The molecule has 0 aliphatic carbocycles. The summed E-state index contributed by atoms with van der Waals surface area (Å²) >= 11 is 0. The summed E-state index contributed by atoms with van der Waals surface area (Å²) in [7, 11) is 0. The van der Waals surface area contributed by atoms with Gasteiger partial charge in [0, 0.05) is 45.3 Å². The highest BCUT2D eigenvalue weighted by Crippen LogP contribution is 2.05. The Morgan fingerprint density at radius 3 is 2.89 bits per heavy atom. The van der Waals surface area contributed by atoms with Crippen molar-refractivity contribution in [1.82, 2.24) is 9.55 Å². The average Bonchev–Trinajstić information content (AvgIpc) is 2.81. The Morgan fingerprint density at radius 2 is 2.16 bits per heavy atom. The minimum absolute atomic E-state index is 0.584. The lowest BCUT2D eigenvalue weighted by Crippen LogP contribution is -2.15. The first-order valence-corrected chi connectivity index (χ1v) is 7.14. The molecule has 0 bridgehead atoms. The maximum atomic E-state index is 5.53. The molecule has 5 nitrogen and oxygen atoms in total. The predicted molar refractivity (Wildman–Crippen MR) is 77.5 cm³/mol. The van der Waals surface area contributed by atoms with Crippen LogP contribution in [0.25, 0.3) is 0 Å². The first kappa shape index (κ1) is 16.0. The van der Waals surface area contributed by atoms with E-state index in [1.807, 2.05) is 19.3 Å². The van der Waals surface area contributed by atoms with Crippen LogP contribution in [0.5, 0.6) is 0 Å². The van der Waals surface area contributed by atoms with Gasteiger partial charge in [-0.1, -0.05) is 13.8 Å². The third kappa shape index (κ3) is 7.18. The number of nitrogens with zero attached hydrogens (tertiary/aromatic N) is 2. The lowest BCUT2D eigenvalue weighted by Gasteiger charge is -2.11. The molecular weight excluding hydrogens is 242 g/mol. The number of hydrogen-bond acceptors (Lipinski definition) is 4. The van der Waals surface area contributed by atoms with Gasteiger partial charge < -0.3 is 19.4 Å². The fourth-order valence-electron chi connectivity index (χ4n) is 1.69. The van der Waals surface area contributed by atoms with Crippen molar-refractivity contribution in [1.29, 1.82) is 0 Å². The molecule has 1 aromatic heterocycles. The molecule has 0 fully saturated rings. The molecule has 0 amide bonds. The third-order valence-electron chi connectivity index (χ3n) is 2.59. The summed E-state index contributed by atoms with van der Waals surface area (Å²) < 4.78 is 13.0. The maximum absolute atomic E-state index is 5.53. The van der Waals surface area contributed by atoms with E-state index in [1.54, 1.807) is 0 Å². The number of ether oxygens (including phenoxy) is 2. The first-order valence-electron chi connectivity index (χ1n) is 7.14. The molecule has 1 heterocycles. The SMILES string of the molecule is CCOCCCn1ccnc1NCCOCC(C)C. The minimum atomic E-state index is 0.584. The van der Waals surface area contributed by atoms with E-state index in [0.717, 1.165) is 45.3 Å². The molecule has 0 radical (unpaired) electrons. The Hall–Kier alpha value is -1.07. The number of nitrogens with one attached hydrogen (secondary N) is 1. The van der Waals surface area contributed by atoms with Crippen molar-refractivity contribution in [2.45, 2.75) is 33.7 Å². The highest BCUT2D eigenvalue weighted by atomic mass is 16.5. The molecule has 0 saturated heterocycles. The van der Waals surface area contributed by atoms with Crippen molar-refractivity contribution in [3.63, 3.8) is 0 Å². The van der Waals surface area contributed by atoms with Crippen LogP contribution in [0.3, 0.4) is 0 Å². The van der Waals surface area contributed by atoms with Crippen LogP contribution >= 0.6 is 0 Å². The average molecular weight is 269 g/mol. The van der Waals surface area contributed by atoms with E-state index in [-0.39, 0.29) is 0 Å². The zero-order valence-electron chi connectivity index (χ0n) is 12.4.